The molecule has 0 N–H and O–H groups in total. The second-order valence-electron chi connectivity index (χ2n) is 3.48. The van der Waals surface area contributed by atoms with E-state index in [9.17, 15) is 14.9 Å². The molecule has 0 saturated carbocycles. The third-order valence-electron chi connectivity index (χ3n) is 2.07. The number of hydrogen-bond donors (Lipinski definition) is 0. The maximum atomic E-state index is 11.4. The minimum atomic E-state index is -0.604. The Morgan fingerprint density at radius 2 is 2.33 bits per heavy atom. The highest BCUT2D eigenvalue weighted by molar-refractivity contribution is 6.32. The predicted molar refractivity (Wildman–Crippen MR) is 66.6 cm³/mol. The number of esters is 1. The Morgan fingerprint density at radius 3 is 2.89 bits per heavy atom. The Kier molecular flexibility index (Phi) is 4.59. The van der Waals surface area contributed by atoms with Gasteiger partial charge in [0, 0.05) is 17.8 Å². The lowest BCUT2D eigenvalue weighted by atomic mass is 9.97. The quantitative estimate of drug-likeness (QED) is 0.257. The largest absolute Gasteiger partial charge is 0.463 e. The highest BCUT2D eigenvalue weighted by atomic mass is 16.6. The number of hydrogen-bond acceptors (Lipinski definition) is 5. The smallest absolute Gasteiger partial charge is 0.333 e. The molecule has 0 saturated heterocycles. The highest BCUT2D eigenvalue weighted by Gasteiger charge is 2.15. The van der Waals surface area contributed by atoms with Gasteiger partial charge < -0.3 is 4.74 Å². The summed E-state index contributed by atoms with van der Waals surface area (Å²) < 4.78 is 4.77. The average Bonchev–Trinajstić information content (AvgIpc) is 2.31. The zero-order valence-electron chi connectivity index (χ0n) is 10.0. The van der Waals surface area contributed by atoms with E-state index in [0.29, 0.717) is 0 Å². The molecule has 1 heterocycles. The number of aromatic nitrogens is 1. The molecule has 92 valence electrons. The van der Waals surface area contributed by atoms with Crippen molar-refractivity contribution in [2.24, 2.45) is 0 Å². The minimum absolute atomic E-state index is 0.0692. The molecular formula is C11H11BN2O4. The third kappa shape index (κ3) is 3.41. The van der Waals surface area contributed by atoms with Gasteiger partial charge in [0.2, 0.25) is 0 Å². The van der Waals surface area contributed by atoms with Gasteiger partial charge in [-0.15, -0.1) is 0 Å². The third-order valence-corrected chi connectivity index (χ3v) is 2.07. The van der Waals surface area contributed by atoms with Crippen LogP contribution in [0.1, 0.15) is 19.5 Å². The van der Waals surface area contributed by atoms with Gasteiger partial charge in [0.1, 0.15) is 13.5 Å². The Balaban J connectivity index is 3.14. The maximum absolute atomic E-state index is 11.4. The van der Waals surface area contributed by atoms with Gasteiger partial charge in [-0.1, -0.05) is 5.46 Å². The predicted octanol–water partition coefficient (Wildman–Crippen LogP) is 0.750. The van der Waals surface area contributed by atoms with Crippen LogP contribution in [0.3, 0.4) is 0 Å². The Labute approximate surface area is 105 Å². The molecule has 0 bridgehead atoms. The molecule has 0 aliphatic heterocycles. The molecule has 0 unspecified atom stereocenters. The fraction of sp³-hybridized carbons (Fsp3) is 0.273. The molecule has 7 heteroatoms. The number of rotatable bonds is 4. The van der Waals surface area contributed by atoms with Crippen molar-refractivity contribution in [3.8, 4) is 0 Å². The van der Waals surface area contributed by atoms with Gasteiger partial charge in [-0.05, 0) is 19.9 Å². The maximum Gasteiger partial charge on any atom is 0.333 e. The van der Waals surface area contributed by atoms with E-state index < -0.39 is 10.9 Å². The Bertz CT molecular complexity index is 514. The van der Waals surface area contributed by atoms with Crippen LogP contribution in [0.15, 0.2) is 17.8 Å². The van der Waals surface area contributed by atoms with Gasteiger partial charge in [0.05, 0.1) is 11.5 Å². The van der Waals surface area contributed by atoms with E-state index >= 15 is 0 Å². The second-order valence-corrected chi connectivity index (χ2v) is 3.48. The lowest BCUT2D eigenvalue weighted by molar-refractivity contribution is -0.385. The fourth-order valence-corrected chi connectivity index (χ4v) is 1.25. The molecule has 0 aliphatic rings. The van der Waals surface area contributed by atoms with Crippen LogP contribution in [0, 0.1) is 10.1 Å². The topological polar surface area (TPSA) is 82.3 Å². The van der Waals surface area contributed by atoms with Crippen molar-refractivity contribution in [3.05, 3.63) is 33.6 Å². The van der Waals surface area contributed by atoms with Crippen molar-refractivity contribution >= 4 is 31.0 Å². The first kappa shape index (κ1) is 13.9. The number of nitrogens with zero attached hydrogens (tertiary/aromatic N) is 2. The van der Waals surface area contributed by atoms with Crippen LogP contribution in [-0.2, 0) is 9.53 Å². The van der Waals surface area contributed by atoms with Gasteiger partial charge in [-0.25, -0.2) is 4.79 Å². The van der Waals surface area contributed by atoms with E-state index in [-0.39, 0.29) is 29.0 Å². The summed E-state index contributed by atoms with van der Waals surface area (Å²) in [6, 6.07) is 1.19. The van der Waals surface area contributed by atoms with E-state index in [1.54, 1.807) is 6.92 Å². The molecule has 0 atom stereocenters. The summed E-state index contributed by atoms with van der Waals surface area (Å²) in [5.41, 5.74) is 0.239. The standard InChI is InChI=1S/C11H11BN2O4/c1-3-18-11(15)7(2)4-9-10(14(16)17)5-8(12)6-13-9/h4-6H,3H2,1-2H3/b7-4-. The first-order chi connectivity index (χ1) is 8.45. The molecule has 0 spiro atoms. The van der Waals surface area contributed by atoms with Gasteiger partial charge in [0.15, 0.2) is 0 Å². The van der Waals surface area contributed by atoms with Crippen LogP contribution in [0.4, 0.5) is 5.69 Å². The fourth-order valence-electron chi connectivity index (χ4n) is 1.25. The van der Waals surface area contributed by atoms with Crippen LogP contribution in [0.25, 0.3) is 6.08 Å². The SMILES string of the molecule is [B]c1cnc(/C=C(/C)C(=O)OCC)c([N+](=O)[O-])c1. The summed E-state index contributed by atoms with van der Waals surface area (Å²) in [7, 11) is 5.42. The van der Waals surface area contributed by atoms with Crippen molar-refractivity contribution in [3.63, 3.8) is 0 Å². The first-order valence-corrected chi connectivity index (χ1v) is 5.21. The zero-order chi connectivity index (χ0) is 13.7. The number of nitro groups is 1. The van der Waals surface area contributed by atoms with Crippen LogP contribution in [-0.4, -0.2) is 30.3 Å². The van der Waals surface area contributed by atoms with Crippen molar-refractivity contribution < 1.29 is 14.5 Å². The number of ether oxygens (including phenoxy) is 1. The number of carbonyl (C=O) groups excluding carboxylic acids is 1. The monoisotopic (exact) mass is 246 g/mol. The van der Waals surface area contributed by atoms with Gasteiger partial charge in [-0.3, -0.25) is 15.1 Å². The van der Waals surface area contributed by atoms with Crippen molar-refractivity contribution in [2.45, 2.75) is 13.8 Å². The number of pyridine rings is 1. The first-order valence-electron chi connectivity index (χ1n) is 5.21. The summed E-state index contributed by atoms with van der Waals surface area (Å²) in [4.78, 5) is 25.4. The summed E-state index contributed by atoms with van der Waals surface area (Å²) in [5, 5.41) is 10.8. The Hall–Kier alpha value is -2.18. The lowest BCUT2D eigenvalue weighted by Crippen LogP contribution is -2.08. The molecule has 18 heavy (non-hydrogen) atoms. The molecule has 1 rings (SSSR count). The van der Waals surface area contributed by atoms with Crippen LogP contribution in [0.5, 0.6) is 0 Å². The molecule has 1 aromatic heterocycles. The second kappa shape index (κ2) is 5.95. The van der Waals surface area contributed by atoms with Crippen molar-refractivity contribution in [2.75, 3.05) is 6.61 Å². The summed E-state index contributed by atoms with van der Waals surface area (Å²) >= 11 is 0. The molecule has 0 amide bonds. The molecule has 0 aromatic carbocycles. The van der Waals surface area contributed by atoms with Crippen LogP contribution >= 0.6 is 0 Å². The van der Waals surface area contributed by atoms with E-state index in [0.717, 1.165) is 0 Å². The van der Waals surface area contributed by atoms with Crippen molar-refractivity contribution in [1.29, 1.82) is 0 Å². The van der Waals surface area contributed by atoms with E-state index in [1.165, 1.54) is 25.3 Å². The van der Waals surface area contributed by atoms with Crippen LogP contribution < -0.4 is 5.46 Å². The van der Waals surface area contributed by atoms with Crippen molar-refractivity contribution in [1.82, 2.24) is 4.98 Å². The lowest BCUT2D eigenvalue weighted by Gasteiger charge is -2.02. The molecule has 1 aromatic rings. The molecule has 0 fully saturated rings. The zero-order valence-corrected chi connectivity index (χ0v) is 10.0. The van der Waals surface area contributed by atoms with Crippen LogP contribution in [0.2, 0.25) is 0 Å². The van der Waals surface area contributed by atoms with Gasteiger partial charge >= 0.3 is 5.97 Å². The van der Waals surface area contributed by atoms with Gasteiger partial charge in [-0.2, -0.15) is 0 Å². The average molecular weight is 246 g/mol. The molecule has 2 radical (unpaired) electrons. The number of carbonyl (C=O) groups is 1. The van der Waals surface area contributed by atoms with Gasteiger partial charge in [0.25, 0.3) is 5.69 Å². The molecule has 0 aliphatic carbocycles. The summed E-state index contributed by atoms with van der Waals surface area (Å²) in [5.74, 6) is -0.537. The van der Waals surface area contributed by atoms with E-state index in [2.05, 4.69) is 4.98 Å². The minimum Gasteiger partial charge on any atom is -0.463 e. The molecular weight excluding hydrogens is 235 g/mol. The summed E-state index contributed by atoms with van der Waals surface area (Å²) in [6.45, 7) is 3.41. The highest BCUT2D eigenvalue weighted by Crippen LogP contribution is 2.17. The summed E-state index contributed by atoms with van der Waals surface area (Å²) in [6.07, 6.45) is 2.59. The Morgan fingerprint density at radius 1 is 1.67 bits per heavy atom. The molecule has 6 nitrogen and oxygen atoms in total. The van der Waals surface area contributed by atoms with E-state index in [4.69, 9.17) is 12.6 Å². The normalized spacial score (nSPS) is 11.1. The van der Waals surface area contributed by atoms with E-state index in [1.807, 2.05) is 0 Å².